The normalized spacial score (nSPS) is 10.4. The molecule has 0 aliphatic heterocycles. The Labute approximate surface area is 115 Å². The lowest BCUT2D eigenvalue weighted by Gasteiger charge is -2.08. The monoisotopic (exact) mass is 264 g/mol. The highest BCUT2D eigenvalue weighted by Gasteiger charge is 2.09. The fourth-order valence-corrected chi connectivity index (χ4v) is 1.98. The molecule has 0 saturated carbocycles. The molecule has 3 rings (SSSR count). The molecule has 1 aromatic carbocycles. The molecule has 2 heterocycles. The summed E-state index contributed by atoms with van der Waals surface area (Å²) in [6, 6.07) is 10.7. The van der Waals surface area contributed by atoms with E-state index in [2.05, 4.69) is 15.3 Å². The fraction of sp³-hybridized carbons (Fsp3) is 0. The van der Waals surface area contributed by atoms with Crippen LogP contribution in [0.2, 0.25) is 0 Å². The maximum Gasteiger partial charge on any atom is 0.274 e. The van der Waals surface area contributed by atoms with Gasteiger partial charge in [-0.15, -0.1) is 0 Å². The molecule has 3 aromatic rings. The Hall–Kier alpha value is -2.95. The molecule has 0 saturated heterocycles. The van der Waals surface area contributed by atoms with E-state index in [0.717, 1.165) is 10.8 Å². The largest absolute Gasteiger partial charge is 0.399 e. The molecule has 0 aliphatic carbocycles. The third-order valence-electron chi connectivity index (χ3n) is 2.95. The number of carbonyl (C=O) groups excluding carboxylic acids is 1. The van der Waals surface area contributed by atoms with Crippen LogP contribution in [0.5, 0.6) is 0 Å². The minimum absolute atomic E-state index is 0.283. The van der Waals surface area contributed by atoms with Crippen LogP contribution in [0, 0.1) is 0 Å². The molecule has 0 radical (unpaired) electrons. The number of aromatic nitrogens is 2. The summed E-state index contributed by atoms with van der Waals surface area (Å²) < 4.78 is 0. The van der Waals surface area contributed by atoms with Gasteiger partial charge in [0.05, 0.1) is 5.69 Å². The van der Waals surface area contributed by atoms with Crippen LogP contribution in [0.3, 0.4) is 0 Å². The molecule has 2 aromatic heterocycles. The number of rotatable bonds is 2. The molecule has 0 unspecified atom stereocenters. The number of benzene rings is 1. The van der Waals surface area contributed by atoms with E-state index in [1.54, 1.807) is 24.5 Å². The predicted molar refractivity (Wildman–Crippen MR) is 78.3 cm³/mol. The minimum atomic E-state index is -0.298. The van der Waals surface area contributed by atoms with Crippen molar-refractivity contribution < 1.29 is 4.79 Å². The van der Waals surface area contributed by atoms with Gasteiger partial charge in [0.1, 0.15) is 5.69 Å². The Bertz CT molecular complexity index is 780. The number of anilines is 2. The van der Waals surface area contributed by atoms with Crippen molar-refractivity contribution in [3.8, 4) is 0 Å². The van der Waals surface area contributed by atoms with Gasteiger partial charge >= 0.3 is 0 Å². The van der Waals surface area contributed by atoms with Gasteiger partial charge in [0, 0.05) is 29.7 Å². The smallest absolute Gasteiger partial charge is 0.274 e. The molecule has 20 heavy (non-hydrogen) atoms. The molecule has 98 valence electrons. The van der Waals surface area contributed by atoms with Crippen LogP contribution in [-0.2, 0) is 0 Å². The van der Waals surface area contributed by atoms with Crippen LogP contribution in [0.1, 0.15) is 10.5 Å². The van der Waals surface area contributed by atoms with Crippen molar-refractivity contribution in [3.63, 3.8) is 0 Å². The first-order chi connectivity index (χ1) is 9.74. The molecule has 0 aliphatic rings. The Morgan fingerprint density at radius 2 is 2.05 bits per heavy atom. The summed E-state index contributed by atoms with van der Waals surface area (Å²) in [5.41, 5.74) is 7.14. The molecule has 0 fully saturated rings. The summed E-state index contributed by atoms with van der Waals surface area (Å²) in [6.45, 7) is 0. The van der Waals surface area contributed by atoms with Gasteiger partial charge in [-0.2, -0.15) is 0 Å². The second kappa shape index (κ2) is 4.97. The lowest BCUT2D eigenvalue weighted by molar-refractivity contribution is 0.102. The number of nitrogens with two attached hydrogens (primary N) is 1. The summed E-state index contributed by atoms with van der Waals surface area (Å²) >= 11 is 0. The minimum Gasteiger partial charge on any atom is -0.399 e. The van der Waals surface area contributed by atoms with Crippen molar-refractivity contribution >= 4 is 28.1 Å². The zero-order chi connectivity index (χ0) is 13.9. The van der Waals surface area contributed by atoms with E-state index in [-0.39, 0.29) is 11.6 Å². The van der Waals surface area contributed by atoms with Gasteiger partial charge in [-0.3, -0.25) is 14.8 Å². The predicted octanol–water partition coefficient (Wildman–Crippen LogP) is 2.46. The SMILES string of the molecule is Nc1ccnc(C(=O)Nc2cccc3ccncc23)c1. The maximum absolute atomic E-state index is 12.2. The van der Waals surface area contributed by atoms with E-state index in [1.165, 1.54) is 6.20 Å². The molecule has 5 nitrogen and oxygen atoms in total. The third-order valence-corrected chi connectivity index (χ3v) is 2.95. The summed E-state index contributed by atoms with van der Waals surface area (Å²) in [5.74, 6) is -0.298. The summed E-state index contributed by atoms with van der Waals surface area (Å²) in [4.78, 5) is 20.2. The van der Waals surface area contributed by atoms with Crippen molar-refractivity contribution in [1.29, 1.82) is 0 Å². The van der Waals surface area contributed by atoms with Gasteiger partial charge in [-0.1, -0.05) is 12.1 Å². The number of nitrogens with one attached hydrogen (secondary N) is 1. The molecule has 0 atom stereocenters. The van der Waals surface area contributed by atoms with Gasteiger partial charge in [0.2, 0.25) is 0 Å². The number of amides is 1. The Morgan fingerprint density at radius 1 is 1.15 bits per heavy atom. The van der Waals surface area contributed by atoms with Crippen LogP contribution in [0.25, 0.3) is 10.8 Å². The Balaban J connectivity index is 1.95. The van der Waals surface area contributed by atoms with Crippen molar-refractivity contribution in [1.82, 2.24) is 9.97 Å². The summed E-state index contributed by atoms with van der Waals surface area (Å²) in [6.07, 6.45) is 4.94. The van der Waals surface area contributed by atoms with Crippen LogP contribution < -0.4 is 11.1 Å². The number of nitrogen functional groups attached to an aromatic ring is 1. The highest BCUT2D eigenvalue weighted by molar-refractivity contribution is 6.08. The second-order valence-electron chi connectivity index (χ2n) is 4.33. The molecule has 3 N–H and O–H groups in total. The first kappa shape index (κ1) is 12.1. The highest BCUT2D eigenvalue weighted by Crippen LogP contribution is 2.22. The topological polar surface area (TPSA) is 80.9 Å². The van der Waals surface area contributed by atoms with Gasteiger partial charge in [-0.25, -0.2) is 0 Å². The van der Waals surface area contributed by atoms with Gasteiger partial charge < -0.3 is 11.1 Å². The van der Waals surface area contributed by atoms with Crippen LogP contribution >= 0.6 is 0 Å². The van der Waals surface area contributed by atoms with Crippen LogP contribution in [0.15, 0.2) is 55.0 Å². The maximum atomic E-state index is 12.2. The van der Waals surface area contributed by atoms with E-state index in [4.69, 9.17) is 5.73 Å². The quantitative estimate of drug-likeness (QED) is 0.745. The van der Waals surface area contributed by atoms with Crippen LogP contribution in [-0.4, -0.2) is 15.9 Å². The average molecular weight is 264 g/mol. The third kappa shape index (κ3) is 2.29. The lowest BCUT2D eigenvalue weighted by atomic mass is 10.1. The van der Waals surface area contributed by atoms with Crippen molar-refractivity contribution in [2.24, 2.45) is 0 Å². The standard InChI is InChI=1S/C15H12N4O/c16-11-5-7-18-14(8-11)15(20)19-13-3-1-2-10-4-6-17-9-12(10)13/h1-9H,(H2,16,18)(H,19,20). The Morgan fingerprint density at radius 3 is 2.90 bits per heavy atom. The molecule has 5 heteroatoms. The first-order valence-electron chi connectivity index (χ1n) is 6.10. The number of fused-ring (bicyclic) bond motifs is 1. The summed E-state index contributed by atoms with van der Waals surface area (Å²) in [5, 5.41) is 4.73. The summed E-state index contributed by atoms with van der Waals surface area (Å²) in [7, 11) is 0. The zero-order valence-corrected chi connectivity index (χ0v) is 10.6. The fourth-order valence-electron chi connectivity index (χ4n) is 1.98. The van der Waals surface area contributed by atoms with Crippen LogP contribution in [0.4, 0.5) is 11.4 Å². The van der Waals surface area contributed by atoms with E-state index in [9.17, 15) is 4.79 Å². The highest BCUT2D eigenvalue weighted by atomic mass is 16.1. The van der Waals surface area contributed by atoms with E-state index < -0.39 is 0 Å². The van der Waals surface area contributed by atoms with E-state index >= 15 is 0 Å². The Kier molecular flexibility index (Phi) is 3.01. The van der Waals surface area contributed by atoms with Crippen molar-refractivity contribution in [2.75, 3.05) is 11.1 Å². The average Bonchev–Trinajstić information content (AvgIpc) is 2.47. The molecular weight excluding hydrogens is 252 g/mol. The first-order valence-corrected chi connectivity index (χ1v) is 6.10. The zero-order valence-electron chi connectivity index (χ0n) is 10.6. The lowest BCUT2D eigenvalue weighted by Crippen LogP contribution is -2.14. The number of nitrogens with zero attached hydrogens (tertiary/aromatic N) is 2. The van der Waals surface area contributed by atoms with E-state index in [1.807, 2.05) is 24.3 Å². The van der Waals surface area contributed by atoms with Gasteiger partial charge in [-0.05, 0) is 29.7 Å². The van der Waals surface area contributed by atoms with Crippen molar-refractivity contribution in [3.05, 3.63) is 60.7 Å². The number of carbonyl (C=O) groups is 1. The number of hydrogen-bond donors (Lipinski definition) is 2. The van der Waals surface area contributed by atoms with Gasteiger partial charge in [0.15, 0.2) is 0 Å². The molecule has 1 amide bonds. The van der Waals surface area contributed by atoms with Gasteiger partial charge in [0.25, 0.3) is 5.91 Å². The number of hydrogen-bond acceptors (Lipinski definition) is 4. The number of pyridine rings is 2. The molecule has 0 spiro atoms. The van der Waals surface area contributed by atoms with E-state index in [0.29, 0.717) is 11.4 Å². The molecule has 0 bridgehead atoms. The van der Waals surface area contributed by atoms with Crippen molar-refractivity contribution in [2.45, 2.75) is 0 Å². The second-order valence-corrected chi connectivity index (χ2v) is 4.33. The molecular formula is C15H12N4O.